The molecule has 0 spiro atoms. The molecule has 20 atom stereocenters. The highest BCUT2D eigenvalue weighted by atomic mass is 32.2. The van der Waals surface area contributed by atoms with Gasteiger partial charge in [-0.25, -0.2) is 9.37 Å². The molecule has 3 saturated heterocycles. The number of amides is 1. The van der Waals surface area contributed by atoms with Crippen molar-refractivity contribution in [1.29, 1.82) is 5.41 Å². The minimum atomic E-state index is -1.93. The highest BCUT2D eigenvalue weighted by Crippen LogP contribution is 2.46. The van der Waals surface area contributed by atoms with Crippen LogP contribution in [0.4, 0.5) is 4.39 Å². The van der Waals surface area contributed by atoms with E-state index in [-0.39, 0.29) is 37.9 Å². The minimum Gasteiger partial charge on any atom is -0.459 e. The van der Waals surface area contributed by atoms with Crippen LogP contribution in [0.1, 0.15) is 113 Å². The van der Waals surface area contributed by atoms with Crippen LogP contribution in [-0.2, 0) is 38.0 Å². The Morgan fingerprint density at radius 3 is 2.16 bits per heavy atom. The molecule has 418 valence electrons. The van der Waals surface area contributed by atoms with Crippen molar-refractivity contribution in [2.45, 2.75) is 196 Å². The Bertz CT molecular complexity index is 2150. The molecule has 4 heterocycles. The number of hydrogen-bond donors (Lipinski definition) is 7. The second-order valence-electron chi connectivity index (χ2n) is 22.0. The van der Waals surface area contributed by atoms with Crippen LogP contribution < -0.4 is 5.32 Å². The van der Waals surface area contributed by atoms with E-state index in [9.17, 15) is 44.9 Å². The van der Waals surface area contributed by atoms with Crippen molar-refractivity contribution in [2.75, 3.05) is 40.7 Å². The smallest absolute Gasteiger partial charge is 0.309 e. The number of rotatable bonds is 16. The molecular weight excluding hydrogens is 976 g/mol. The number of aliphatic hydroxyl groups is 5. The number of methoxy groups -OCH3 is 2. The number of nitrogens with zero attached hydrogens (tertiary/aromatic N) is 2. The van der Waals surface area contributed by atoms with E-state index in [1.807, 2.05) is 63.1 Å². The van der Waals surface area contributed by atoms with E-state index >= 15 is 0 Å². The molecule has 7 N–H and O–H groups in total. The van der Waals surface area contributed by atoms with E-state index in [2.05, 4.69) is 10.3 Å². The Morgan fingerprint density at radius 2 is 1.59 bits per heavy atom. The number of nitrogens with one attached hydrogen (secondary N) is 2. The van der Waals surface area contributed by atoms with Crippen molar-refractivity contribution in [1.82, 2.24) is 15.2 Å². The van der Waals surface area contributed by atoms with E-state index in [0.717, 1.165) is 16.2 Å². The Morgan fingerprint density at radius 1 is 0.959 bits per heavy atom. The molecule has 0 bridgehead atoms. The summed E-state index contributed by atoms with van der Waals surface area (Å²) in [4.78, 5) is 34.3. The lowest BCUT2D eigenvalue weighted by atomic mass is 9.67. The number of hydrogen-bond acceptors (Lipinski definition) is 17. The molecule has 1 amide bonds. The third kappa shape index (κ3) is 13.7. The zero-order valence-corrected chi connectivity index (χ0v) is 46.8. The van der Waals surface area contributed by atoms with E-state index < -0.39 is 138 Å². The maximum Gasteiger partial charge on any atom is 0.309 e. The molecule has 0 radical (unpaired) electrons. The van der Waals surface area contributed by atoms with Crippen LogP contribution in [-0.4, -0.2) is 178 Å². The molecule has 3 fully saturated rings. The summed E-state index contributed by atoms with van der Waals surface area (Å²) in [5.41, 5.74) is -1.97. The van der Waals surface area contributed by atoms with Gasteiger partial charge in [-0.15, -0.1) is 11.8 Å². The third-order valence-electron chi connectivity index (χ3n) is 16.7. The highest BCUT2D eigenvalue weighted by molar-refractivity contribution is 7.98. The lowest BCUT2D eigenvalue weighted by Crippen LogP contribution is -2.62. The zero-order chi connectivity index (χ0) is 55.2. The van der Waals surface area contributed by atoms with Gasteiger partial charge >= 0.3 is 5.97 Å². The number of cyclic esters (lactones) is 1. The molecule has 0 saturated carbocycles. The first-order chi connectivity index (χ1) is 34.7. The van der Waals surface area contributed by atoms with E-state index in [4.69, 9.17) is 28.4 Å². The standard InChI is InChI=1S/C55H87FN4O13S/c1-15-41-55(10,67)48(64)33(6)45(57)29(2)25-54(9,69-13)50(31(4)44(32(5)51(66)72-41)40-26-53(8,68-12)49(65)34(7)71-40)73-52-47(63)39(24-30(3)70-52)60(11)23-22-42(61)59-38(27-56)46(62)36-18-16-35(17-19-36)37-20-21-43(74-14)58-28-37/h16-21,28-34,38-41,44,46-50,52,57,62-65,67H,15,22-27H2,1-14H3,(H,59,61)/t29-,30-,31+,32-,33+,34+,38-,39+,40-,41-,44?,46-,47-,48-,49+,50-,52+,53-,54-,55-/m1/s1. The third-order valence-corrected chi connectivity index (χ3v) is 17.4. The van der Waals surface area contributed by atoms with Crippen LogP contribution in [0.3, 0.4) is 0 Å². The SMILES string of the molecule is CC[C@H]1OC(=O)[C@H](C)C([C@H]2C[C@@](C)(OC)[C@@H](O)[C@H](C)O2)[C@H](C)[C@@H](O[C@@H]2O[C@H](C)C[C@H](N(C)CCC(=O)N[C@H](CF)[C@H](O)c3ccc(-c4ccc(SC)nc4)cc3)[C@H]2O)[C@](C)(OC)C[C@@H](C)C(=N)[C@H](C)[C@@H](O)[C@]1(C)O. The summed E-state index contributed by atoms with van der Waals surface area (Å²) in [7, 11) is 4.80. The van der Waals surface area contributed by atoms with E-state index in [1.165, 1.54) is 32.9 Å². The number of likely N-dealkylation sites (N-methyl/N-ethyl adjacent to an activating group) is 1. The lowest BCUT2D eigenvalue weighted by Gasteiger charge is -2.52. The molecule has 19 heteroatoms. The fraction of sp³-hybridized carbons (Fsp3) is 0.745. The summed E-state index contributed by atoms with van der Waals surface area (Å²) in [6, 6.07) is 9.09. The average Bonchev–Trinajstić information content (AvgIpc) is 3.38. The Hall–Kier alpha value is -3.18. The molecule has 1 aromatic carbocycles. The zero-order valence-electron chi connectivity index (χ0n) is 46.0. The van der Waals surface area contributed by atoms with Crippen molar-refractivity contribution in [3.63, 3.8) is 0 Å². The molecule has 5 rings (SSSR count). The van der Waals surface area contributed by atoms with Gasteiger partial charge in [0.25, 0.3) is 0 Å². The predicted molar refractivity (Wildman–Crippen MR) is 280 cm³/mol. The molecular formula is C55H87FN4O13S. The molecule has 74 heavy (non-hydrogen) atoms. The summed E-state index contributed by atoms with van der Waals surface area (Å²) in [6.07, 6.45) is -5.99. The number of benzene rings is 1. The number of halogens is 1. The first kappa shape index (κ1) is 61.7. The number of ether oxygens (including phenoxy) is 6. The number of carbonyl (C=O) groups is 2. The Balaban J connectivity index is 1.42. The van der Waals surface area contributed by atoms with Crippen LogP contribution in [0.5, 0.6) is 0 Å². The van der Waals surface area contributed by atoms with Gasteiger partial charge in [0, 0.05) is 69.0 Å². The molecule has 1 unspecified atom stereocenters. The molecule has 1 aromatic heterocycles. The van der Waals surface area contributed by atoms with Gasteiger partial charge in [0.1, 0.15) is 36.7 Å². The number of esters is 1. The van der Waals surface area contributed by atoms with Crippen LogP contribution >= 0.6 is 11.8 Å². The summed E-state index contributed by atoms with van der Waals surface area (Å²) in [5.74, 6) is -4.96. The van der Waals surface area contributed by atoms with Gasteiger partial charge in [0.2, 0.25) is 5.91 Å². The summed E-state index contributed by atoms with van der Waals surface area (Å²) >= 11 is 1.54. The number of pyridine rings is 1. The number of aromatic nitrogens is 1. The summed E-state index contributed by atoms with van der Waals surface area (Å²) in [5, 5.41) is 71.3. The minimum absolute atomic E-state index is 0.0844. The molecule has 3 aliphatic rings. The van der Waals surface area contributed by atoms with Crippen molar-refractivity contribution < 1.29 is 67.9 Å². The van der Waals surface area contributed by atoms with Gasteiger partial charge in [-0.2, -0.15) is 0 Å². The van der Waals surface area contributed by atoms with Gasteiger partial charge in [0.15, 0.2) is 6.29 Å². The van der Waals surface area contributed by atoms with Crippen LogP contribution in [0.25, 0.3) is 11.1 Å². The first-order valence-electron chi connectivity index (χ1n) is 26.2. The lowest BCUT2D eigenvalue weighted by molar-refractivity contribution is -0.305. The second kappa shape index (κ2) is 26.0. The van der Waals surface area contributed by atoms with Crippen LogP contribution in [0.15, 0.2) is 47.6 Å². The normalized spacial score (nSPS) is 38.7. The predicted octanol–water partition coefficient (Wildman–Crippen LogP) is 5.90. The molecule has 0 aliphatic carbocycles. The van der Waals surface area contributed by atoms with Crippen molar-refractivity contribution >= 4 is 29.4 Å². The van der Waals surface area contributed by atoms with Gasteiger partial charge in [0.05, 0.1) is 58.7 Å². The number of thioether (sulfide) groups is 1. The first-order valence-corrected chi connectivity index (χ1v) is 27.4. The number of carbonyl (C=O) groups excluding carboxylic acids is 2. The summed E-state index contributed by atoms with van der Waals surface area (Å²) in [6.45, 7) is 16.6. The van der Waals surface area contributed by atoms with Crippen LogP contribution in [0.2, 0.25) is 0 Å². The molecule has 17 nitrogen and oxygen atoms in total. The average molecular weight is 1060 g/mol. The van der Waals surface area contributed by atoms with Crippen molar-refractivity contribution in [3.8, 4) is 11.1 Å². The molecule has 2 aromatic rings. The highest BCUT2D eigenvalue weighted by Gasteiger charge is 2.56. The maximum absolute atomic E-state index is 14.6. The fourth-order valence-electron chi connectivity index (χ4n) is 11.8. The van der Waals surface area contributed by atoms with Crippen molar-refractivity contribution in [3.05, 3.63) is 48.2 Å². The molecule has 3 aliphatic heterocycles. The topological polar surface area (TPSA) is 243 Å². The Labute approximate surface area is 442 Å². The van der Waals surface area contributed by atoms with Gasteiger partial charge < -0.3 is 69.6 Å². The van der Waals surface area contributed by atoms with E-state index in [1.54, 1.807) is 60.0 Å². The second-order valence-corrected chi connectivity index (χ2v) is 22.8. The fourth-order valence-corrected chi connectivity index (χ4v) is 12.1. The number of aliphatic hydroxyl groups excluding tert-OH is 4. The van der Waals surface area contributed by atoms with Gasteiger partial charge in [-0.1, -0.05) is 65.0 Å². The van der Waals surface area contributed by atoms with Crippen molar-refractivity contribution in [2.24, 2.45) is 29.6 Å². The van der Waals surface area contributed by atoms with Gasteiger partial charge in [-0.3, -0.25) is 9.59 Å². The van der Waals surface area contributed by atoms with E-state index in [0.29, 0.717) is 12.0 Å². The largest absolute Gasteiger partial charge is 0.459 e. The monoisotopic (exact) mass is 1060 g/mol. The van der Waals surface area contributed by atoms with Crippen LogP contribution in [0, 0.1) is 35.0 Å². The quantitative estimate of drug-likeness (QED) is 0.0765. The maximum atomic E-state index is 14.6. The number of alkyl halides is 1. The van der Waals surface area contributed by atoms with Gasteiger partial charge in [-0.05, 0) is 96.2 Å². The summed E-state index contributed by atoms with van der Waals surface area (Å²) < 4.78 is 53.2. The Kier molecular flexibility index (Phi) is 21.7.